The maximum atomic E-state index is 12.1. The molecule has 25 heavy (non-hydrogen) atoms. The summed E-state index contributed by atoms with van der Waals surface area (Å²) in [4.78, 5) is 12.1. The van der Waals surface area contributed by atoms with Crippen LogP contribution in [0.4, 0.5) is 0 Å². The van der Waals surface area contributed by atoms with Crippen molar-refractivity contribution in [2.45, 2.75) is 31.3 Å². The van der Waals surface area contributed by atoms with Crippen molar-refractivity contribution < 1.29 is 4.79 Å². The van der Waals surface area contributed by atoms with E-state index >= 15 is 0 Å². The van der Waals surface area contributed by atoms with Gasteiger partial charge in [0.25, 0.3) is 0 Å². The van der Waals surface area contributed by atoms with Gasteiger partial charge in [-0.05, 0) is 39.0 Å². The molecule has 1 aliphatic heterocycles. The Morgan fingerprint density at radius 3 is 2.64 bits per heavy atom. The van der Waals surface area contributed by atoms with E-state index in [1.54, 1.807) is 6.21 Å². The number of carbonyl (C=O) groups excluding carboxylic acids is 1. The number of carbonyl (C=O) groups is 1. The SMILES string of the molecule is Cc1cc(/C=N\NC(=O)CC2(C)SCCS2)c(C)n1-c1ccccc1. The lowest BCUT2D eigenvalue weighted by Crippen LogP contribution is -2.26. The Bertz CT molecular complexity index is 777. The molecule has 6 heteroatoms. The molecule has 1 N–H and O–H groups in total. The molecule has 0 atom stereocenters. The van der Waals surface area contributed by atoms with Crippen molar-refractivity contribution in [1.29, 1.82) is 0 Å². The summed E-state index contributed by atoms with van der Waals surface area (Å²) < 4.78 is 2.18. The lowest BCUT2D eigenvalue weighted by Gasteiger charge is -2.19. The number of aromatic nitrogens is 1. The van der Waals surface area contributed by atoms with E-state index in [2.05, 4.69) is 54.1 Å². The number of hydrogen-bond acceptors (Lipinski definition) is 4. The summed E-state index contributed by atoms with van der Waals surface area (Å²) in [6, 6.07) is 12.3. The monoisotopic (exact) mass is 373 g/mol. The summed E-state index contributed by atoms with van der Waals surface area (Å²) >= 11 is 3.71. The topological polar surface area (TPSA) is 46.4 Å². The van der Waals surface area contributed by atoms with Gasteiger partial charge in [0.2, 0.25) is 5.91 Å². The summed E-state index contributed by atoms with van der Waals surface area (Å²) in [5.41, 5.74) is 7.06. The molecule has 0 unspecified atom stereocenters. The van der Waals surface area contributed by atoms with E-state index in [-0.39, 0.29) is 9.99 Å². The second-order valence-electron chi connectivity index (χ2n) is 6.30. The third kappa shape index (κ3) is 4.30. The van der Waals surface area contributed by atoms with Crippen molar-refractivity contribution in [2.75, 3.05) is 11.5 Å². The summed E-state index contributed by atoms with van der Waals surface area (Å²) in [6.45, 7) is 6.27. The zero-order valence-electron chi connectivity index (χ0n) is 14.8. The van der Waals surface area contributed by atoms with Gasteiger partial charge in [0, 0.05) is 34.1 Å². The van der Waals surface area contributed by atoms with Crippen molar-refractivity contribution in [3.63, 3.8) is 0 Å². The van der Waals surface area contributed by atoms with Crippen molar-refractivity contribution in [3.05, 3.63) is 53.3 Å². The van der Waals surface area contributed by atoms with Crippen LogP contribution in [-0.2, 0) is 4.79 Å². The molecular formula is C19H23N3OS2. The molecule has 1 amide bonds. The molecule has 2 heterocycles. The van der Waals surface area contributed by atoms with Crippen LogP contribution in [0.1, 0.15) is 30.3 Å². The largest absolute Gasteiger partial charge is 0.318 e. The Kier molecular flexibility index (Phi) is 5.59. The molecule has 0 radical (unpaired) electrons. The molecule has 1 aromatic carbocycles. The molecule has 132 valence electrons. The van der Waals surface area contributed by atoms with Gasteiger partial charge >= 0.3 is 0 Å². The van der Waals surface area contributed by atoms with Crippen LogP contribution in [-0.4, -0.2) is 32.3 Å². The maximum Gasteiger partial charge on any atom is 0.242 e. The van der Waals surface area contributed by atoms with Crippen LogP contribution >= 0.6 is 23.5 Å². The van der Waals surface area contributed by atoms with Gasteiger partial charge in [0.1, 0.15) is 0 Å². The van der Waals surface area contributed by atoms with Gasteiger partial charge in [-0.2, -0.15) is 5.10 Å². The van der Waals surface area contributed by atoms with Crippen LogP contribution in [0.3, 0.4) is 0 Å². The Morgan fingerprint density at radius 1 is 1.28 bits per heavy atom. The minimum Gasteiger partial charge on any atom is -0.318 e. The lowest BCUT2D eigenvalue weighted by molar-refractivity contribution is -0.121. The minimum atomic E-state index is -0.0301. The second-order valence-corrected chi connectivity index (χ2v) is 9.75. The molecule has 1 aromatic heterocycles. The summed E-state index contributed by atoms with van der Waals surface area (Å²) in [7, 11) is 0. The molecule has 1 aliphatic rings. The number of aryl methyl sites for hydroxylation is 1. The lowest BCUT2D eigenvalue weighted by atomic mass is 10.2. The molecule has 0 aliphatic carbocycles. The Morgan fingerprint density at radius 2 is 1.96 bits per heavy atom. The highest BCUT2D eigenvalue weighted by molar-refractivity contribution is 8.21. The number of hydrazone groups is 1. The van der Waals surface area contributed by atoms with Gasteiger partial charge in [0.15, 0.2) is 0 Å². The number of nitrogens with one attached hydrogen (secondary N) is 1. The van der Waals surface area contributed by atoms with Crippen molar-refractivity contribution in [2.24, 2.45) is 5.10 Å². The van der Waals surface area contributed by atoms with Gasteiger partial charge in [-0.3, -0.25) is 4.79 Å². The fraction of sp³-hybridized carbons (Fsp3) is 0.368. The van der Waals surface area contributed by atoms with Crippen LogP contribution in [0.2, 0.25) is 0 Å². The highest BCUT2D eigenvalue weighted by Gasteiger charge is 2.32. The third-order valence-corrected chi connectivity index (χ3v) is 7.55. The van der Waals surface area contributed by atoms with E-state index in [0.29, 0.717) is 6.42 Å². The van der Waals surface area contributed by atoms with E-state index in [4.69, 9.17) is 0 Å². The van der Waals surface area contributed by atoms with Crippen molar-refractivity contribution >= 4 is 35.6 Å². The zero-order chi connectivity index (χ0) is 17.9. The first-order chi connectivity index (χ1) is 12.0. The van der Waals surface area contributed by atoms with E-state index in [9.17, 15) is 4.79 Å². The van der Waals surface area contributed by atoms with Gasteiger partial charge in [0.05, 0.1) is 16.7 Å². The van der Waals surface area contributed by atoms with Gasteiger partial charge < -0.3 is 4.57 Å². The Balaban J connectivity index is 1.67. The first-order valence-corrected chi connectivity index (χ1v) is 10.3. The number of nitrogens with zero attached hydrogens (tertiary/aromatic N) is 2. The predicted octanol–water partition coefficient (Wildman–Crippen LogP) is 4.13. The number of amides is 1. The summed E-state index contributed by atoms with van der Waals surface area (Å²) in [5.74, 6) is 2.20. The van der Waals surface area contributed by atoms with Gasteiger partial charge in [-0.1, -0.05) is 18.2 Å². The van der Waals surface area contributed by atoms with Crippen LogP contribution in [0.15, 0.2) is 41.5 Å². The smallest absolute Gasteiger partial charge is 0.242 e. The summed E-state index contributed by atoms with van der Waals surface area (Å²) in [6.07, 6.45) is 2.22. The fourth-order valence-corrected chi connectivity index (χ4v) is 5.89. The number of benzene rings is 1. The summed E-state index contributed by atoms with van der Waals surface area (Å²) in [5, 5.41) is 4.17. The molecule has 0 spiro atoms. The molecule has 1 saturated heterocycles. The molecule has 2 aromatic rings. The highest BCUT2D eigenvalue weighted by atomic mass is 32.2. The van der Waals surface area contributed by atoms with E-state index in [0.717, 1.165) is 34.1 Å². The zero-order valence-corrected chi connectivity index (χ0v) is 16.4. The van der Waals surface area contributed by atoms with E-state index < -0.39 is 0 Å². The fourth-order valence-electron chi connectivity index (χ4n) is 3.06. The average Bonchev–Trinajstić information content (AvgIpc) is 3.12. The molecule has 3 rings (SSSR count). The third-order valence-electron chi connectivity index (χ3n) is 4.26. The van der Waals surface area contributed by atoms with Crippen LogP contribution in [0, 0.1) is 13.8 Å². The van der Waals surface area contributed by atoms with E-state index in [1.165, 1.54) is 0 Å². The van der Waals surface area contributed by atoms with Gasteiger partial charge in [-0.15, -0.1) is 23.5 Å². The molecule has 0 saturated carbocycles. The average molecular weight is 374 g/mol. The molecule has 0 bridgehead atoms. The quantitative estimate of drug-likeness (QED) is 0.633. The van der Waals surface area contributed by atoms with Crippen molar-refractivity contribution in [1.82, 2.24) is 9.99 Å². The predicted molar refractivity (Wildman–Crippen MR) is 109 cm³/mol. The highest BCUT2D eigenvalue weighted by Crippen LogP contribution is 2.45. The van der Waals surface area contributed by atoms with E-state index in [1.807, 2.05) is 41.7 Å². The van der Waals surface area contributed by atoms with Crippen LogP contribution in [0.5, 0.6) is 0 Å². The normalized spacial score (nSPS) is 16.4. The molecular weight excluding hydrogens is 350 g/mol. The molecule has 4 nitrogen and oxygen atoms in total. The number of para-hydroxylation sites is 1. The molecule has 1 fully saturated rings. The number of rotatable bonds is 5. The number of hydrogen-bond donors (Lipinski definition) is 1. The number of thioether (sulfide) groups is 2. The van der Waals surface area contributed by atoms with Crippen LogP contribution < -0.4 is 5.43 Å². The maximum absolute atomic E-state index is 12.1. The minimum absolute atomic E-state index is 0.0112. The Hall–Kier alpha value is -1.66. The van der Waals surface area contributed by atoms with Crippen molar-refractivity contribution in [3.8, 4) is 5.69 Å². The Labute approximate surface area is 157 Å². The van der Waals surface area contributed by atoms with Crippen LogP contribution in [0.25, 0.3) is 5.69 Å². The standard InChI is InChI=1S/C19H23N3OS2/c1-14-11-16(15(2)22(14)17-7-5-4-6-8-17)13-20-21-18(23)12-19(3)24-9-10-25-19/h4-8,11,13H,9-10,12H2,1-3H3,(H,21,23)/b20-13-. The van der Waals surface area contributed by atoms with Gasteiger partial charge in [-0.25, -0.2) is 5.43 Å². The first-order valence-electron chi connectivity index (χ1n) is 8.33. The first kappa shape index (κ1) is 18.1. The second kappa shape index (κ2) is 7.70.